The first-order valence-electron chi connectivity index (χ1n) is 6.28. The van der Waals surface area contributed by atoms with E-state index >= 15 is 0 Å². The van der Waals surface area contributed by atoms with Gasteiger partial charge in [0.25, 0.3) is 5.91 Å². The fraction of sp³-hybridized carbons (Fsp3) is 0.538. The molecule has 1 aromatic heterocycles. The van der Waals surface area contributed by atoms with Gasteiger partial charge in [0.1, 0.15) is 5.69 Å². The second-order valence-electron chi connectivity index (χ2n) is 4.82. The maximum Gasteiger partial charge on any atom is 0.268 e. The van der Waals surface area contributed by atoms with E-state index in [-0.39, 0.29) is 17.9 Å². The van der Waals surface area contributed by atoms with Crippen LogP contribution in [0.25, 0.3) is 0 Å². The van der Waals surface area contributed by atoms with Crippen molar-refractivity contribution in [2.24, 2.45) is 7.05 Å². The van der Waals surface area contributed by atoms with Gasteiger partial charge in [-0.1, -0.05) is 0 Å². The van der Waals surface area contributed by atoms with Crippen LogP contribution in [0.4, 0.5) is 0 Å². The lowest BCUT2D eigenvalue weighted by Gasteiger charge is -2.21. The average Bonchev–Trinajstić information content (AvgIpc) is 2.88. The van der Waals surface area contributed by atoms with E-state index < -0.39 is 0 Å². The van der Waals surface area contributed by atoms with Crippen LogP contribution < -0.4 is 5.32 Å². The minimum absolute atomic E-state index is 0.0329. The quantitative estimate of drug-likeness (QED) is 0.856. The molecule has 1 aliphatic heterocycles. The highest BCUT2D eigenvalue weighted by Gasteiger charge is 2.22. The summed E-state index contributed by atoms with van der Waals surface area (Å²) in [5.41, 5.74) is 0.634. The molecule has 0 spiro atoms. The van der Waals surface area contributed by atoms with Crippen LogP contribution in [-0.4, -0.2) is 40.4 Å². The molecule has 98 valence electrons. The molecule has 5 heteroatoms. The van der Waals surface area contributed by atoms with Gasteiger partial charge in [-0.25, -0.2) is 0 Å². The van der Waals surface area contributed by atoms with Gasteiger partial charge < -0.3 is 14.8 Å². The molecule has 0 aromatic carbocycles. The lowest BCUT2D eigenvalue weighted by Crippen LogP contribution is -2.42. The second-order valence-corrected chi connectivity index (χ2v) is 4.82. The Balaban J connectivity index is 1.88. The van der Waals surface area contributed by atoms with E-state index in [1.54, 1.807) is 10.6 Å². The summed E-state index contributed by atoms with van der Waals surface area (Å²) in [5.74, 6) is 0.0941. The zero-order chi connectivity index (χ0) is 13.1. The molecule has 0 radical (unpaired) electrons. The molecular weight excluding hydrogens is 230 g/mol. The minimum Gasteiger partial charge on any atom is -0.347 e. The van der Waals surface area contributed by atoms with E-state index in [0.29, 0.717) is 18.7 Å². The van der Waals surface area contributed by atoms with E-state index in [4.69, 9.17) is 0 Å². The topological polar surface area (TPSA) is 54.3 Å². The van der Waals surface area contributed by atoms with Crippen LogP contribution in [0.1, 0.15) is 30.3 Å². The van der Waals surface area contributed by atoms with Crippen molar-refractivity contribution in [1.82, 2.24) is 14.8 Å². The lowest BCUT2D eigenvalue weighted by atomic mass is 10.3. The Hall–Kier alpha value is -1.78. The van der Waals surface area contributed by atoms with Crippen LogP contribution in [0, 0.1) is 0 Å². The Morgan fingerprint density at radius 3 is 2.89 bits per heavy atom. The van der Waals surface area contributed by atoms with Crippen LogP contribution in [0.15, 0.2) is 18.3 Å². The van der Waals surface area contributed by atoms with Crippen LogP contribution in [0.3, 0.4) is 0 Å². The van der Waals surface area contributed by atoms with Crippen molar-refractivity contribution >= 4 is 11.8 Å². The number of carbonyl (C=O) groups excluding carboxylic acids is 2. The Morgan fingerprint density at radius 1 is 1.56 bits per heavy atom. The number of aromatic nitrogens is 1. The number of rotatable bonds is 4. The van der Waals surface area contributed by atoms with Gasteiger partial charge in [0.05, 0.1) is 0 Å². The zero-order valence-electron chi connectivity index (χ0n) is 10.8. The number of nitrogens with one attached hydrogen (secondary N) is 1. The molecule has 2 amide bonds. The summed E-state index contributed by atoms with van der Waals surface area (Å²) in [6.45, 7) is 3.32. The van der Waals surface area contributed by atoms with E-state index in [9.17, 15) is 9.59 Å². The molecule has 0 bridgehead atoms. The molecule has 1 atom stereocenters. The molecule has 1 fully saturated rings. The van der Waals surface area contributed by atoms with Crippen LogP contribution >= 0.6 is 0 Å². The van der Waals surface area contributed by atoms with E-state index in [1.165, 1.54) is 0 Å². The molecule has 1 aromatic rings. The first kappa shape index (κ1) is 12.7. The van der Waals surface area contributed by atoms with E-state index in [2.05, 4.69) is 5.32 Å². The summed E-state index contributed by atoms with van der Waals surface area (Å²) in [6, 6.07) is 3.58. The summed E-state index contributed by atoms with van der Waals surface area (Å²) in [7, 11) is 1.84. The van der Waals surface area contributed by atoms with E-state index in [1.807, 2.05) is 31.1 Å². The highest BCUT2D eigenvalue weighted by Crippen LogP contribution is 2.10. The van der Waals surface area contributed by atoms with Crippen molar-refractivity contribution in [3.63, 3.8) is 0 Å². The van der Waals surface area contributed by atoms with Crippen molar-refractivity contribution in [3.05, 3.63) is 24.0 Å². The van der Waals surface area contributed by atoms with Crippen molar-refractivity contribution < 1.29 is 9.59 Å². The number of amides is 2. The first-order valence-corrected chi connectivity index (χ1v) is 6.28. The Kier molecular flexibility index (Phi) is 3.69. The summed E-state index contributed by atoms with van der Waals surface area (Å²) in [6.07, 6.45) is 3.40. The first-order chi connectivity index (χ1) is 8.58. The number of hydrogen-bond acceptors (Lipinski definition) is 2. The predicted molar refractivity (Wildman–Crippen MR) is 68.2 cm³/mol. The highest BCUT2D eigenvalue weighted by molar-refractivity contribution is 5.92. The average molecular weight is 249 g/mol. The zero-order valence-corrected chi connectivity index (χ0v) is 10.8. The highest BCUT2D eigenvalue weighted by atomic mass is 16.2. The monoisotopic (exact) mass is 249 g/mol. The van der Waals surface area contributed by atoms with Gasteiger partial charge in [-0.15, -0.1) is 0 Å². The van der Waals surface area contributed by atoms with Crippen molar-refractivity contribution in [3.8, 4) is 0 Å². The fourth-order valence-electron chi connectivity index (χ4n) is 2.27. The minimum atomic E-state index is -0.0957. The number of carbonyl (C=O) groups is 2. The largest absolute Gasteiger partial charge is 0.347 e. The maximum absolute atomic E-state index is 12.0. The Bertz CT molecular complexity index is 453. The van der Waals surface area contributed by atoms with E-state index in [0.717, 1.165) is 13.0 Å². The van der Waals surface area contributed by atoms with Crippen molar-refractivity contribution in [1.29, 1.82) is 0 Å². The van der Waals surface area contributed by atoms with Gasteiger partial charge in [0.2, 0.25) is 5.91 Å². The summed E-state index contributed by atoms with van der Waals surface area (Å²) < 4.78 is 1.78. The molecule has 0 aliphatic carbocycles. The fourth-order valence-corrected chi connectivity index (χ4v) is 2.27. The van der Waals surface area contributed by atoms with Crippen molar-refractivity contribution in [2.75, 3.05) is 13.1 Å². The Labute approximate surface area is 107 Å². The molecule has 1 aliphatic rings. The SMILES string of the molecule is CC(CN1CCCC1=O)NC(=O)c1cccn1C. The van der Waals surface area contributed by atoms with Crippen LogP contribution in [-0.2, 0) is 11.8 Å². The van der Waals surface area contributed by atoms with Gasteiger partial charge in [-0.2, -0.15) is 0 Å². The maximum atomic E-state index is 12.0. The third kappa shape index (κ3) is 2.72. The van der Waals surface area contributed by atoms with Gasteiger partial charge in [0.15, 0.2) is 0 Å². The van der Waals surface area contributed by atoms with Gasteiger partial charge in [0, 0.05) is 38.8 Å². The number of hydrogen-bond donors (Lipinski definition) is 1. The number of likely N-dealkylation sites (tertiary alicyclic amines) is 1. The standard InChI is InChI=1S/C13H19N3O2/c1-10(9-16-8-4-6-12(16)17)14-13(18)11-5-3-7-15(11)2/h3,5,7,10H,4,6,8-9H2,1-2H3,(H,14,18). The molecule has 5 nitrogen and oxygen atoms in total. The molecule has 2 heterocycles. The molecule has 1 saturated heterocycles. The Morgan fingerprint density at radius 2 is 2.33 bits per heavy atom. The van der Waals surface area contributed by atoms with Crippen LogP contribution in [0.5, 0.6) is 0 Å². The molecule has 2 rings (SSSR count). The summed E-state index contributed by atoms with van der Waals surface area (Å²) in [4.78, 5) is 25.3. The van der Waals surface area contributed by atoms with Gasteiger partial charge in [-0.3, -0.25) is 9.59 Å². The molecule has 0 saturated carbocycles. The van der Waals surface area contributed by atoms with Gasteiger partial charge in [-0.05, 0) is 25.5 Å². The number of nitrogens with zero attached hydrogens (tertiary/aromatic N) is 2. The predicted octanol–water partition coefficient (Wildman–Crippen LogP) is 0.766. The molecule has 1 N–H and O–H groups in total. The normalized spacial score (nSPS) is 17.0. The summed E-state index contributed by atoms with van der Waals surface area (Å²) in [5, 5.41) is 2.92. The lowest BCUT2D eigenvalue weighted by molar-refractivity contribution is -0.127. The summed E-state index contributed by atoms with van der Waals surface area (Å²) >= 11 is 0. The second kappa shape index (κ2) is 5.25. The number of aryl methyl sites for hydroxylation is 1. The van der Waals surface area contributed by atoms with Gasteiger partial charge >= 0.3 is 0 Å². The van der Waals surface area contributed by atoms with Crippen molar-refractivity contribution in [2.45, 2.75) is 25.8 Å². The molecule has 18 heavy (non-hydrogen) atoms. The third-order valence-electron chi connectivity index (χ3n) is 3.22. The smallest absolute Gasteiger partial charge is 0.268 e. The van der Waals surface area contributed by atoms with Crippen LogP contribution in [0.2, 0.25) is 0 Å². The molecule has 1 unspecified atom stereocenters. The third-order valence-corrected chi connectivity index (χ3v) is 3.22. The molecular formula is C13H19N3O2.